The molecule has 1 fully saturated rings. The molecule has 0 aromatic heterocycles. The van der Waals surface area contributed by atoms with E-state index in [4.69, 9.17) is 9.47 Å². The van der Waals surface area contributed by atoms with Gasteiger partial charge in [-0.25, -0.2) is 0 Å². The van der Waals surface area contributed by atoms with Gasteiger partial charge in [0.05, 0.1) is 25.4 Å². The minimum atomic E-state index is -0.421. The van der Waals surface area contributed by atoms with Crippen LogP contribution in [0.1, 0.15) is 13.8 Å². The van der Waals surface area contributed by atoms with Gasteiger partial charge in [-0.15, -0.1) is 0 Å². The number of β-amino-alcohol motifs (C(OH)–C–C–N with tert-alkyl or cyclic N) is 1. The summed E-state index contributed by atoms with van der Waals surface area (Å²) in [5.74, 6) is 0. The van der Waals surface area contributed by atoms with Crippen molar-refractivity contribution in [1.82, 2.24) is 10.2 Å². The second kappa shape index (κ2) is 8.00. The summed E-state index contributed by atoms with van der Waals surface area (Å²) in [7, 11) is 1.65. The fourth-order valence-corrected chi connectivity index (χ4v) is 2.04. The number of ether oxygens (including phenoxy) is 2. The van der Waals surface area contributed by atoms with E-state index in [1.807, 2.05) is 6.92 Å². The molecular weight excluding hydrogens is 220 g/mol. The smallest absolute Gasteiger partial charge is 0.0900 e. The second-order valence-corrected chi connectivity index (χ2v) is 4.80. The van der Waals surface area contributed by atoms with Crippen LogP contribution >= 0.6 is 0 Å². The minimum absolute atomic E-state index is 0.0371. The van der Waals surface area contributed by atoms with Crippen LogP contribution in [0, 0.1) is 0 Å². The van der Waals surface area contributed by atoms with Gasteiger partial charge in [-0.05, 0) is 13.8 Å². The van der Waals surface area contributed by atoms with E-state index in [2.05, 4.69) is 17.1 Å². The summed E-state index contributed by atoms with van der Waals surface area (Å²) in [6, 6.07) is 0.481. The molecule has 0 radical (unpaired) electrons. The van der Waals surface area contributed by atoms with Crippen LogP contribution in [0.4, 0.5) is 0 Å². The predicted molar refractivity (Wildman–Crippen MR) is 67.2 cm³/mol. The average Bonchev–Trinajstić information content (AvgIpc) is 2.30. The van der Waals surface area contributed by atoms with Gasteiger partial charge in [-0.2, -0.15) is 0 Å². The fourth-order valence-electron chi connectivity index (χ4n) is 2.04. The van der Waals surface area contributed by atoms with Gasteiger partial charge in [0.15, 0.2) is 0 Å². The van der Waals surface area contributed by atoms with Crippen molar-refractivity contribution in [3.05, 3.63) is 0 Å². The molecule has 17 heavy (non-hydrogen) atoms. The molecular formula is C12H26N2O3. The fraction of sp³-hybridized carbons (Fsp3) is 1.00. The van der Waals surface area contributed by atoms with E-state index in [1.54, 1.807) is 7.11 Å². The lowest BCUT2D eigenvalue weighted by molar-refractivity contribution is -0.0435. The topological polar surface area (TPSA) is 54.0 Å². The Morgan fingerprint density at radius 3 is 2.88 bits per heavy atom. The molecule has 5 nitrogen and oxygen atoms in total. The maximum absolute atomic E-state index is 9.91. The summed E-state index contributed by atoms with van der Waals surface area (Å²) in [5.41, 5.74) is 0. The lowest BCUT2D eigenvalue weighted by atomic mass is 10.2. The third-order valence-electron chi connectivity index (χ3n) is 3.06. The lowest BCUT2D eigenvalue weighted by Gasteiger charge is -2.35. The summed E-state index contributed by atoms with van der Waals surface area (Å²) < 4.78 is 10.5. The summed E-state index contributed by atoms with van der Waals surface area (Å²) in [6.07, 6.45) is -0.384. The zero-order valence-electron chi connectivity index (χ0n) is 11.2. The van der Waals surface area contributed by atoms with Crippen LogP contribution in [0.25, 0.3) is 0 Å². The Balaban J connectivity index is 2.17. The Kier molecular flexibility index (Phi) is 6.99. The van der Waals surface area contributed by atoms with Gasteiger partial charge in [0.1, 0.15) is 0 Å². The van der Waals surface area contributed by atoms with Gasteiger partial charge in [0.2, 0.25) is 0 Å². The van der Waals surface area contributed by atoms with Crippen LogP contribution < -0.4 is 5.32 Å². The highest BCUT2D eigenvalue weighted by Gasteiger charge is 2.20. The number of nitrogens with one attached hydrogen (secondary N) is 1. The molecule has 0 aliphatic carbocycles. The highest BCUT2D eigenvalue weighted by molar-refractivity contribution is 4.78. The Bertz CT molecular complexity index is 204. The van der Waals surface area contributed by atoms with E-state index in [-0.39, 0.29) is 6.10 Å². The van der Waals surface area contributed by atoms with Crippen molar-refractivity contribution in [1.29, 1.82) is 0 Å². The number of methoxy groups -OCH3 is 1. The standard InChI is InChI=1S/C12H26N2O3/c1-10-6-13-4-5-14(10)7-12(15)9-17-11(2)8-16-3/h10-13,15H,4-9H2,1-3H3/t10-,11?,12?/m1/s1. The van der Waals surface area contributed by atoms with Crippen LogP contribution in [0.2, 0.25) is 0 Å². The molecule has 1 aliphatic heterocycles. The molecule has 1 aliphatic rings. The maximum Gasteiger partial charge on any atom is 0.0900 e. The Morgan fingerprint density at radius 1 is 1.47 bits per heavy atom. The average molecular weight is 246 g/mol. The van der Waals surface area contributed by atoms with E-state index in [0.29, 0.717) is 25.8 Å². The first-order valence-electron chi connectivity index (χ1n) is 6.36. The maximum atomic E-state index is 9.91. The molecule has 1 rings (SSSR count). The number of hydrogen-bond acceptors (Lipinski definition) is 5. The zero-order valence-corrected chi connectivity index (χ0v) is 11.2. The third-order valence-corrected chi connectivity index (χ3v) is 3.06. The first kappa shape index (κ1) is 14.9. The highest BCUT2D eigenvalue weighted by atomic mass is 16.5. The first-order chi connectivity index (χ1) is 8.13. The molecule has 2 N–H and O–H groups in total. The number of hydrogen-bond donors (Lipinski definition) is 2. The van der Waals surface area contributed by atoms with Crippen LogP contribution in [0.3, 0.4) is 0 Å². The van der Waals surface area contributed by atoms with Crippen molar-refractivity contribution in [3.8, 4) is 0 Å². The molecule has 0 bridgehead atoms. The van der Waals surface area contributed by atoms with E-state index in [9.17, 15) is 5.11 Å². The SMILES string of the molecule is COCC(C)OCC(O)CN1CCNC[C@H]1C. The minimum Gasteiger partial charge on any atom is -0.389 e. The quantitative estimate of drug-likeness (QED) is 0.645. The zero-order chi connectivity index (χ0) is 12.7. The van der Waals surface area contributed by atoms with Crippen molar-refractivity contribution in [2.24, 2.45) is 0 Å². The monoisotopic (exact) mass is 246 g/mol. The second-order valence-electron chi connectivity index (χ2n) is 4.80. The van der Waals surface area contributed by atoms with E-state index in [0.717, 1.165) is 19.6 Å². The van der Waals surface area contributed by atoms with Gasteiger partial charge in [-0.1, -0.05) is 0 Å². The van der Waals surface area contributed by atoms with Crippen LogP contribution in [-0.4, -0.2) is 74.8 Å². The molecule has 2 unspecified atom stereocenters. The third kappa shape index (κ3) is 5.79. The molecule has 1 saturated heterocycles. The number of rotatable bonds is 7. The number of piperazine rings is 1. The number of nitrogens with zero attached hydrogens (tertiary/aromatic N) is 1. The molecule has 0 amide bonds. The summed E-state index contributed by atoms with van der Waals surface area (Å²) in [5, 5.41) is 13.2. The van der Waals surface area contributed by atoms with Crippen LogP contribution in [0.5, 0.6) is 0 Å². The van der Waals surface area contributed by atoms with E-state index < -0.39 is 6.10 Å². The normalized spacial score (nSPS) is 25.8. The first-order valence-corrected chi connectivity index (χ1v) is 6.36. The predicted octanol–water partition coefficient (Wildman–Crippen LogP) is -0.307. The largest absolute Gasteiger partial charge is 0.389 e. The molecule has 0 aromatic carbocycles. The van der Waals surface area contributed by atoms with Crippen molar-refractivity contribution >= 4 is 0 Å². The van der Waals surface area contributed by atoms with Crippen molar-refractivity contribution in [3.63, 3.8) is 0 Å². The lowest BCUT2D eigenvalue weighted by Crippen LogP contribution is -2.52. The summed E-state index contributed by atoms with van der Waals surface area (Å²) >= 11 is 0. The molecule has 5 heteroatoms. The highest BCUT2D eigenvalue weighted by Crippen LogP contribution is 2.04. The van der Waals surface area contributed by atoms with Crippen LogP contribution in [-0.2, 0) is 9.47 Å². The van der Waals surface area contributed by atoms with Crippen molar-refractivity contribution < 1.29 is 14.6 Å². The van der Waals surface area contributed by atoms with Gasteiger partial charge >= 0.3 is 0 Å². The summed E-state index contributed by atoms with van der Waals surface area (Å²) in [6.45, 7) is 8.73. The van der Waals surface area contributed by atoms with Crippen LogP contribution in [0.15, 0.2) is 0 Å². The van der Waals surface area contributed by atoms with Gasteiger partial charge < -0.3 is 19.9 Å². The van der Waals surface area contributed by atoms with Gasteiger partial charge in [-0.3, -0.25) is 4.90 Å². The molecule has 0 aromatic rings. The Morgan fingerprint density at radius 2 is 2.24 bits per heavy atom. The molecule has 1 heterocycles. The molecule has 3 atom stereocenters. The van der Waals surface area contributed by atoms with Gasteiger partial charge in [0.25, 0.3) is 0 Å². The molecule has 102 valence electrons. The van der Waals surface area contributed by atoms with E-state index >= 15 is 0 Å². The van der Waals surface area contributed by atoms with E-state index in [1.165, 1.54) is 0 Å². The Hall–Kier alpha value is -0.200. The summed E-state index contributed by atoms with van der Waals surface area (Å²) in [4.78, 5) is 2.30. The van der Waals surface area contributed by atoms with Crippen molar-refractivity contribution in [2.75, 3.05) is 46.5 Å². The molecule has 0 saturated carbocycles. The van der Waals surface area contributed by atoms with Crippen molar-refractivity contribution in [2.45, 2.75) is 32.1 Å². The van der Waals surface area contributed by atoms with Gasteiger partial charge in [0, 0.05) is 39.3 Å². The Labute approximate surface area is 104 Å². The number of aliphatic hydroxyl groups is 1. The molecule has 0 spiro atoms. The number of aliphatic hydroxyl groups excluding tert-OH is 1.